The standard InChI is InChI=1S/C48H39BN2O/c1-47(2,3)30-15-18-32(19-16-30)51-41-26-29-12-8-7-11-28(29)25-37(41)34-20-21-36-43-40(24-22-35-33-13-9-10-14-42(33)52-46(35)43)50-39-23-17-31(48(4,5)6)27-38(39)49(51)44(34)45(36)50/h7-27H,1-6H3. The number of anilines is 2. The molecule has 0 N–H and O–H groups in total. The molecule has 4 heterocycles. The lowest BCUT2D eigenvalue weighted by Gasteiger charge is -2.42. The lowest BCUT2D eigenvalue weighted by atomic mass is 9.43. The van der Waals surface area contributed by atoms with E-state index in [9.17, 15) is 0 Å². The molecule has 0 fully saturated rings. The molecule has 0 unspecified atom stereocenters. The predicted molar refractivity (Wildman–Crippen MR) is 222 cm³/mol. The number of hydrogen-bond acceptors (Lipinski definition) is 2. The van der Waals surface area contributed by atoms with Crippen LogP contribution in [0.15, 0.2) is 132 Å². The van der Waals surface area contributed by atoms with E-state index in [0.717, 1.165) is 21.9 Å². The third kappa shape index (κ3) is 3.93. The van der Waals surface area contributed by atoms with Crippen LogP contribution in [0.2, 0.25) is 0 Å². The molecule has 250 valence electrons. The first-order chi connectivity index (χ1) is 25.1. The summed E-state index contributed by atoms with van der Waals surface area (Å²) >= 11 is 0. The van der Waals surface area contributed by atoms with Gasteiger partial charge in [-0.3, -0.25) is 0 Å². The van der Waals surface area contributed by atoms with Crippen molar-refractivity contribution in [1.82, 2.24) is 4.57 Å². The Kier molecular flexibility index (Phi) is 5.75. The first-order valence-corrected chi connectivity index (χ1v) is 18.6. The Labute approximate surface area is 304 Å². The molecular formula is C48H39BN2O. The van der Waals surface area contributed by atoms with Crippen molar-refractivity contribution < 1.29 is 4.42 Å². The molecule has 2 aromatic heterocycles. The smallest absolute Gasteiger partial charge is 0.333 e. The van der Waals surface area contributed by atoms with Crippen LogP contribution in [0.5, 0.6) is 0 Å². The number of nitrogens with zero attached hydrogens (tertiary/aromatic N) is 2. The maximum absolute atomic E-state index is 6.75. The van der Waals surface area contributed by atoms with E-state index in [1.807, 2.05) is 0 Å². The Hall–Kier alpha value is -5.74. The van der Waals surface area contributed by atoms with E-state index in [-0.39, 0.29) is 17.7 Å². The summed E-state index contributed by atoms with van der Waals surface area (Å²) in [6.45, 7) is 13.8. The summed E-state index contributed by atoms with van der Waals surface area (Å²) in [7, 11) is 0. The zero-order chi connectivity index (χ0) is 35.3. The molecule has 7 aromatic carbocycles. The molecule has 52 heavy (non-hydrogen) atoms. The topological polar surface area (TPSA) is 21.3 Å². The third-order valence-corrected chi connectivity index (χ3v) is 11.9. The van der Waals surface area contributed by atoms with Crippen LogP contribution >= 0.6 is 0 Å². The summed E-state index contributed by atoms with van der Waals surface area (Å²) in [5.41, 5.74) is 16.0. The van der Waals surface area contributed by atoms with Gasteiger partial charge in [0.15, 0.2) is 0 Å². The predicted octanol–water partition coefficient (Wildman–Crippen LogP) is 11.7. The molecule has 0 atom stereocenters. The molecule has 3 nitrogen and oxygen atoms in total. The van der Waals surface area contributed by atoms with Crippen LogP contribution in [-0.2, 0) is 10.8 Å². The third-order valence-electron chi connectivity index (χ3n) is 11.9. The fraction of sp³-hybridized carbons (Fsp3) is 0.167. The first-order valence-electron chi connectivity index (χ1n) is 18.6. The minimum absolute atomic E-state index is 0.00863. The first kappa shape index (κ1) is 29.9. The fourth-order valence-electron chi connectivity index (χ4n) is 9.22. The number of para-hydroxylation sites is 1. The zero-order valence-electron chi connectivity index (χ0n) is 30.5. The number of hydrogen-bond donors (Lipinski definition) is 0. The molecule has 0 saturated carbocycles. The quantitative estimate of drug-likeness (QED) is 0.162. The van der Waals surface area contributed by atoms with Gasteiger partial charge < -0.3 is 13.8 Å². The van der Waals surface area contributed by atoms with E-state index in [2.05, 4.69) is 178 Å². The second-order valence-electron chi connectivity index (χ2n) is 17.0. The van der Waals surface area contributed by atoms with Gasteiger partial charge in [0.25, 0.3) is 0 Å². The van der Waals surface area contributed by atoms with E-state index >= 15 is 0 Å². The van der Waals surface area contributed by atoms with E-state index in [0.29, 0.717) is 0 Å². The van der Waals surface area contributed by atoms with Gasteiger partial charge in [-0.2, -0.15) is 0 Å². The largest absolute Gasteiger partial charge is 0.455 e. The Morgan fingerprint density at radius 3 is 2.02 bits per heavy atom. The summed E-state index contributed by atoms with van der Waals surface area (Å²) in [5, 5.41) is 7.25. The van der Waals surface area contributed by atoms with Gasteiger partial charge in [0.2, 0.25) is 0 Å². The molecule has 0 radical (unpaired) electrons. The number of rotatable bonds is 1. The highest BCUT2D eigenvalue weighted by atomic mass is 16.3. The average Bonchev–Trinajstić information content (AvgIpc) is 3.69. The normalized spacial score (nSPS) is 13.9. The molecule has 0 aliphatic carbocycles. The van der Waals surface area contributed by atoms with E-state index in [1.165, 1.54) is 82.8 Å². The lowest BCUT2D eigenvalue weighted by Crippen LogP contribution is -2.60. The van der Waals surface area contributed by atoms with Crippen LogP contribution in [0.4, 0.5) is 11.4 Å². The van der Waals surface area contributed by atoms with Crippen LogP contribution in [-0.4, -0.2) is 11.4 Å². The highest BCUT2D eigenvalue weighted by Gasteiger charge is 2.44. The minimum Gasteiger partial charge on any atom is -0.455 e. The molecule has 2 aliphatic rings. The van der Waals surface area contributed by atoms with Crippen molar-refractivity contribution in [2.24, 2.45) is 0 Å². The minimum atomic E-state index is -0.0341. The fourth-order valence-corrected chi connectivity index (χ4v) is 9.22. The molecule has 0 bridgehead atoms. The van der Waals surface area contributed by atoms with E-state index in [1.54, 1.807) is 0 Å². The van der Waals surface area contributed by atoms with Crippen LogP contribution < -0.4 is 15.7 Å². The van der Waals surface area contributed by atoms with Gasteiger partial charge in [-0.05, 0) is 97.7 Å². The summed E-state index contributed by atoms with van der Waals surface area (Å²) in [6.07, 6.45) is 0. The zero-order valence-corrected chi connectivity index (χ0v) is 30.5. The second-order valence-corrected chi connectivity index (χ2v) is 17.0. The van der Waals surface area contributed by atoms with Crippen molar-refractivity contribution in [2.45, 2.75) is 52.4 Å². The molecule has 2 aliphatic heterocycles. The summed E-state index contributed by atoms with van der Waals surface area (Å²) < 4.78 is 9.29. The van der Waals surface area contributed by atoms with Crippen LogP contribution in [0.1, 0.15) is 52.7 Å². The maximum atomic E-state index is 6.75. The van der Waals surface area contributed by atoms with E-state index < -0.39 is 0 Å². The van der Waals surface area contributed by atoms with Gasteiger partial charge in [0.1, 0.15) is 11.2 Å². The molecule has 0 spiro atoms. The molecular weight excluding hydrogens is 631 g/mol. The molecule has 4 heteroatoms. The molecule has 11 rings (SSSR count). The van der Waals surface area contributed by atoms with Gasteiger partial charge in [-0.25, -0.2) is 0 Å². The second kappa shape index (κ2) is 9.98. The van der Waals surface area contributed by atoms with Crippen molar-refractivity contribution in [3.8, 4) is 16.8 Å². The van der Waals surface area contributed by atoms with Crippen molar-refractivity contribution >= 4 is 83.7 Å². The van der Waals surface area contributed by atoms with Crippen molar-refractivity contribution in [1.29, 1.82) is 0 Å². The maximum Gasteiger partial charge on any atom is 0.333 e. The van der Waals surface area contributed by atoms with Crippen molar-refractivity contribution in [2.75, 3.05) is 4.81 Å². The van der Waals surface area contributed by atoms with Crippen LogP contribution in [0.25, 0.3) is 71.3 Å². The van der Waals surface area contributed by atoms with Gasteiger partial charge in [-0.1, -0.05) is 120 Å². The van der Waals surface area contributed by atoms with Crippen molar-refractivity contribution in [3.63, 3.8) is 0 Å². The van der Waals surface area contributed by atoms with Crippen LogP contribution in [0.3, 0.4) is 0 Å². The molecule has 0 saturated heterocycles. The number of furan rings is 1. The Balaban J connectivity index is 1.32. The molecule has 9 aromatic rings. The average molecular weight is 671 g/mol. The highest BCUT2D eigenvalue weighted by Crippen LogP contribution is 2.48. The molecule has 0 amide bonds. The van der Waals surface area contributed by atoms with Gasteiger partial charge in [0.05, 0.1) is 16.4 Å². The Bertz CT molecular complexity index is 2990. The highest BCUT2D eigenvalue weighted by molar-refractivity contribution is 6.93. The van der Waals surface area contributed by atoms with Crippen molar-refractivity contribution in [3.05, 3.63) is 139 Å². The summed E-state index contributed by atoms with van der Waals surface area (Å²) in [5.74, 6) is 0. The Morgan fingerprint density at radius 1 is 0.558 bits per heavy atom. The number of aromatic nitrogens is 1. The SMILES string of the molecule is CC(C)(C)c1ccc(N2B3c4cc(C(C)(C)C)ccc4-n4c5ccc6c7ccccc7oc6c5c5ccc(c3c54)-c3cc4ccccc4cc32)cc1. The summed E-state index contributed by atoms with van der Waals surface area (Å²) in [6, 6.07) is 48.0. The van der Waals surface area contributed by atoms with E-state index in [4.69, 9.17) is 4.42 Å². The summed E-state index contributed by atoms with van der Waals surface area (Å²) in [4.78, 5) is 2.64. The lowest BCUT2D eigenvalue weighted by molar-refractivity contribution is 0.590. The van der Waals surface area contributed by atoms with Gasteiger partial charge >= 0.3 is 6.85 Å². The van der Waals surface area contributed by atoms with Gasteiger partial charge in [-0.15, -0.1) is 0 Å². The van der Waals surface area contributed by atoms with Gasteiger partial charge in [0, 0.05) is 38.8 Å². The number of benzene rings is 7. The Morgan fingerprint density at radius 2 is 1.25 bits per heavy atom. The number of fused-ring (bicyclic) bond motifs is 13. The monoisotopic (exact) mass is 670 g/mol. The van der Waals surface area contributed by atoms with Crippen LogP contribution in [0, 0.1) is 0 Å².